The summed E-state index contributed by atoms with van der Waals surface area (Å²) in [5, 5.41) is 9.49. The number of thiazole rings is 1. The molecule has 0 saturated carbocycles. The highest BCUT2D eigenvalue weighted by Gasteiger charge is 2.35. The Morgan fingerprint density at radius 1 is 1.06 bits per heavy atom. The number of halogens is 1. The summed E-state index contributed by atoms with van der Waals surface area (Å²) in [7, 11) is 1.56. The fourth-order valence-corrected chi connectivity index (χ4v) is 7.62. The van der Waals surface area contributed by atoms with E-state index in [1.165, 1.54) is 11.3 Å². The number of aromatic nitrogens is 1. The first-order chi connectivity index (χ1) is 24.2. The van der Waals surface area contributed by atoms with Crippen LogP contribution in [0.15, 0.2) is 106 Å². The van der Waals surface area contributed by atoms with Gasteiger partial charge in [-0.05, 0) is 76.4 Å². The molecule has 1 aliphatic heterocycles. The summed E-state index contributed by atoms with van der Waals surface area (Å²) < 4.78 is 20.3. The molecule has 0 spiro atoms. The summed E-state index contributed by atoms with van der Waals surface area (Å²) in [4.78, 5) is 33.6. The standard InChI is InChI=1S/C40H34IN3O5S/c1-5-48-39(46)34-35(27-11-7-6-8-12-27)43-40-44(36(34)28-17-15-26(16-18-28)24(2)3)38(45)33(50-40)21-25-19-31(41)37(32(20-25)47-4)49-23-30-14-10-9-13-29(30)22-42/h6-21,24,36H,5,23H2,1-4H3/b33-21-/t36-/m0/s1. The molecule has 6 rings (SSSR count). The summed E-state index contributed by atoms with van der Waals surface area (Å²) >= 11 is 3.44. The van der Waals surface area contributed by atoms with E-state index in [9.17, 15) is 14.9 Å². The molecule has 0 N–H and O–H groups in total. The van der Waals surface area contributed by atoms with Gasteiger partial charge in [0.25, 0.3) is 5.56 Å². The lowest BCUT2D eigenvalue weighted by molar-refractivity contribution is -0.138. The lowest BCUT2D eigenvalue weighted by Gasteiger charge is -2.26. The molecule has 2 heterocycles. The lowest BCUT2D eigenvalue weighted by Crippen LogP contribution is -2.40. The normalized spacial score (nSPS) is 14.2. The molecule has 1 aliphatic rings. The Morgan fingerprint density at radius 2 is 1.78 bits per heavy atom. The molecule has 0 unspecified atom stereocenters. The number of esters is 1. The number of ether oxygens (including phenoxy) is 3. The number of carbonyl (C=O) groups excluding carboxylic acids is 1. The van der Waals surface area contributed by atoms with Crippen LogP contribution in [0, 0.1) is 14.9 Å². The zero-order chi connectivity index (χ0) is 35.4. The summed E-state index contributed by atoms with van der Waals surface area (Å²) in [6.07, 6.45) is 1.80. The van der Waals surface area contributed by atoms with E-state index >= 15 is 0 Å². The fraction of sp³-hybridized carbons (Fsp3) is 0.200. The van der Waals surface area contributed by atoms with Gasteiger partial charge in [0, 0.05) is 11.1 Å². The van der Waals surface area contributed by atoms with Gasteiger partial charge in [0.15, 0.2) is 16.3 Å². The van der Waals surface area contributed by atoms with Crippen molar-refractivity contribution < 1.29 is 19.0 Å². The molecule has 5 aromatic rings. The van der Waals surface area contributed by atoms with Crippen LogP contribution in [0.5, 0.6) is 11.5 Å². The van der Waals surface area contributed by atoms with Crippen LogP contribution in [0.1, 0.15) is 66.1 Å². The third kappa shape index (κ3) is 7.02. The number of carbonyl (C=O) groups is 1. The highest BCUT2D eigenvalue weighted by atomic mass is 127. The van der Waals surface area contributed by atoms with E-state index in [-0.39, 0.29) is 18.8 Å². The maximum Gasteiger partial charge on any atom is 0.338 e. The average molecular weight is 796 g/mol. The van der Waals surface area contributed by atoms with Crippen LogP contribution in [0.3, 0.4) is 0 Å². The van der Waals surface area contributed by atoms with Crippen LogP contribution >= 0.6 is 33.9 Å². The number of hydrogen-bond donors (Lipinski definition) is 0. The van der Waals surface area contributed by atoms with Crippen molar-refractivity contribution >= 4 is 51.7 Å². The first-order valence-electron chi connectivity index (χ1n) is 16.1. The molecule has 0 bridgehead atoms. The zero-order valence-corrected chi connectivity index (χ0v) is 30.9. The van der Waals surface area contributed by atoms with E-state index in [4.69, 9.17) is 19.2 Å². The van der Waals surface area contributed by atoms with Gasteiger partial charge in [0.05, 0.1) is 50.8 Å². The molecule has 0 saturated heterocycles. The molecule has 10 heteroatoms. The Bertz CT molecular complexity index is 2320. The number of benzene rings is 4. The molecule has 4 aromatic carbocycles. The van der Waals surface area contributed by atoms with Gasteiger partial charge in [-0.3, -0.25) is 9.36 Å². The van der Waals surface area contributed by atoms with Crippen molar-refractivity contribution in [1.82, 2.24) is 4.57 Å². The van der Waals surface area contributed by atoms with E-state index < -0.39 is 12.0 Å². The summed E-state index contributed by atoms with van der Waals surface area (Å²) in [6.45, 7) is 6.38. The molecule has 0 radical (unpaired) electrons. The van der Waals surface area contributed by atoms with Crippen molar-refractivity contribution in [2.24, 2.45) is 4.99 Å². The maximum atomic E-state index is 14.4. The fourth-order valence-electron chi connectivity index (χ4n) is 5.84. The summed E-state index contributed by atoms with van der Waals surface area (Å²) in [6, 6.07) is 30.0. The van der Waals surface area contributed by atoms with Gasteiger partial charge in [0.1, 0.15) is 6.61 Å². The summed E-state index contributed by atoms with van der Waals surface area (Å²) in [5.74, 6) is 0.825. The van der Waals surface area contributed by atoms with Crippen LogP contribution in [0.25, 0.3) is 11.8 Å². The largest absolute Gasteiger partial charge is 0.493 e. The minimum atomic E-state index is -0.759. The van der Waals surface area contributed by atoms with E-state index in [0.717, 1.165) is 31.4 Å². The van der Waals surface area contributed by atoms with Crippen LogP contribution in [-0.2, 0) is 16.1 Å². The van der Waals surface area contributed by atoms with Gasteiger partial charge >= 0.3 is 5.97 Å². The Kier molecular flexibility index (Phi) is 10.6. The van der Waals surface area contributed by atoms with Gasteiger partial charge in [-0.2, -0.15) is 5.26 Å². The van der Waals surface area contributed by atoms with Crippen LogP contribution in [0.4, 0.5) is 0 Å². The first kappa shape index (κ1) is 34.9. The predicted molar refractivity (Wildman–Crippen MR) is 203 cm³/mol. The molecule has 0 fully saturated rings. The van der Waals surface area contributed by atoms with E-state index in [2.05, 4.69) is 42.5 Å². The molecule has 1 aromatic heterocycles. The molecule has 8 nitrogen and oxygen atoms in total. The van der Waals surface area contributed by atoms with Crippen LogP contribution in [0.2, 0.25) is 0 Å². The minimum absolute atomic E-state index is 0.179. The third-order valence-corrected chi connectivity index (χ3v) is 10.1. The first-order valence-corrected chi connectivity index (χ1v) is 18.0. The zero-order valence-electron chi connectivity index (χ0n) is 28.0. The number of nitrogens with zero attached hydrogens (tertiary/aromatic N) is 3. The summed E-state index contributed by atoms with van der Waals surface area (Å²) in [5.41, 5.74) is 5.24. The van der Waals surface area contributed by atoms with Gasteiger partial charge in [-0.15, -0.1) is 0 Å². The van der Waals surface area contributed by atoms with Crippen molar-refractivity contribution in [2.45, 2.75) is 39.3 Å². The SMILES string of the molecule is CCOC(=O)C1=C(c2ccccc2)N=c2s/c(=C\c3cc(I)c(OCc4ccccc4C#N)c(OC)c3)c(=O)n2[C@H]1c1ccc(C(C)C)cc1. The maximum absolute atomic E-state index is 14.4. The van der Waals surface area contributed by atoms with Crippen molar-refractivity contribution in [1.29, 1.82) is 5.26 Å². The highest BCUT2D eigenvalue weighted by Crippen LogP contribution is 2.37. The Balaban J connectivity index is 1.49. The van der Waals surface area contributed by atoms with E-state index in [0.29, 0.717) is 43.6 Å². The van der Waals surface area contributed by atoms with Crippen molar-refractivity contribution in [3.8, 4) is 17.6 Å². The number of nitriles is 1. The number of hydrogen-bond acceptors (Lipinski definition) is 8. The van der Waals surface area contributed by atoms with E-state index in [1.54, 1.807) is 30.7 Å². The van der Waals surface area contributed by atoms with Crippen LogP contribution in [-0.4, -0.2) is 24.3 Å². The van der Waals surface area contributed by atoms with Gasteiger partial charge < -0.3 is 14.2 Å². The molecular formula is C40H34IN3O5S. The van der Waals surface area contributed by atoms with E-state index in [1.807, 2.05) is 84.9 Å². The second kappa shape index (κ2) is 15.3. The molecule has 252 valence electrons. The molecule has 50 heavy (non-hydrogen) atoms. The van der Waals surface area contributed by atoms with Crippen LogP contribution < -0.4 is 24.4 Å². The number of methoxy groups -OCH3 is 1. The molecule has 0 amide bonds. The van der Waals surface area contributed by atoms with Crippen molar-refractivity contribution in [2.75, 3.05) is 13.7 Å². The number of rotatable bonds is 10. The molecule has 1 atom stereocenters. The third-order valence-electron chi connectivity index (χ3n) is 8.35. The highest BCUT2D eigenvalue weighted by molar-refractivity contribution is 14.1. The monoisotopic (exact) mass is 795 g/mol. The lowest BCUT2D eigenvalue weighted by atomic mass is 9.91. The van der Waals surface area contributed by atoms with Gasteiger partial charge in [-0.1, -0.05) is 98.0 Å². The van der Waals surface area contributed by atoms with Crippen molar-refractivity contribution in [3.05, 3.63) is 153 Å². The van der Waals surface area contributed by atoms with Crippen molar-refractivity contribution in [3.63, 3.8) is 0 Å². The van der Waals surface area contributed by atoms with Gasteiger partial charge in [-0.25, -0.2) is 9.79 Å². The Hall–Kier alpha value is -4.99. The second-order valence-corrected chi connectivity index (χ2v) is 14.0. The second-order valence-electron chi connectivity index (χ2n) is 11.8. The predicted octanol–water partition coefficient (Wildman–Crippen LogP) is 7.12. The average Bonchev–Trinajstić information content (AvgIpc) is 3.44. The molecule has 0 aliphatic carbocycles. The Morgan fingerprint density at radius 3 is 2.46 bits per heavy atom. The Labute approximate surface area is 307 Å². The quantitative estimate of drug-likeness (QED) is 0.110. The topological polar surface area (TPSA) is 103 Å². The smallest absolute Gasteiger partial charge is 0.338 e. The van der Waals surface area contributed by atoms with Gasteiger partial charge in [0.2, 0.25) is 0 Å². The number of fused-ring (bicyclic) bond motifs is 1. The molecular weight excluding hydrogens is 761 g/mol. The minimum Gasteiger partial charge on any atom is -0.493 e.